The molecule has 1 saturated carbocycles. The largest absolute Gasteiger partial charge is 0.324 e. The zero-order valence-electron chi connectivity index (χ0n) is 11.6. The molecule has 2 heteroatoms. The second-order valence-corrected chi connectivity index (χ2v) is 6.92. The third-order valence-corrected chi connectivity index (χ3v) is 3.87. The Morgan fingerprint density at radius 1 is 1.00 bits per heavy atom. The number of hydrogen-bond acceptors (Lipinski definition) is 2. The minimum atomic E-state index is -0.0946. The van der Waals surface area contributed by atoms with Crippen molar-refractivity contribution in [2.24, 2.45) is 17.1 Å². The van der Waals surface area contributed by atoms with Crippen molar-refractivity contribution in [1.82, 2.24) is 5.32 Å². The van der Waals surface area contributed by atoms with Gasteiger partial charge in [-0.25, -0.2) is 0 Å². The monoisotopic (exact) mass is 226 g/mol. The summed E-state index contributed by atoms with van der Waals surface area (Å²) in [6, 6.07) is 0. The minimum Gasteiger partial charge on any atom is -0.324 e. The Balaban J connectivity index is 2.32. The summed E-state index contributed by atoms with van der Waals surface area (Å²) < 4.78 is 0. The first-order chi connectivity index (χ1) is 7.31. The molecule has 1 rings (SSSR count). The van der Waals surface area contributed by atoms with E-state index in [0.29, 0.717) is 5.41 Å². The van der Waals surface area contributed by atoms with Crippen LogP contribution < -0.4 is 11.1 Å². The molecule has 96 valence electrons. The molecule has 0 radical (unpaired) electrons. The third kappa shape index (κ3) is 4.84. The molecule has 0 aliphatic heterocycles. The second kappa shape index (κ2) is 5.50. The van der Waals surface area contributed by atoms with Crippen molar-refractivity contribution in [3.8, 4) is 0 Å². The van der Waals surface area contributed by atoms with Gasteiger partial charge in [0.15, 0.2) is 0 Å². The van der Waals surface area contributed by atoms with Crippen molar-refractivity contribution >= 4 is 0 Å². The zero-order chi connectivity index (χ0) is 12.2. The molecular formula is C14H30N2. The smallest absolute Gasteiger partial charge is 0.0223 e. The topological polar surface area (TPSA) is 38.0 Å². The van der Waals surface area contributed by atoms with Gasteiger partial charge in [-0.3, -0.25) is 0 Å². The lowest BCUT2D eigenvalue weighted by Crippen LogP contribution is -2.46. The van der Waals surface area contributed by atoms with E-state index < -0.39 is 0 Å². The average molecular weight is 226 g/mol. The van der Waals surface area contributed by atoms with Crippen LogP contribution in [0.4, 0.5) is 0 Å². The van der Waals surface area contributed by atoms with E-state index in [1.807, 2.05) is 0 Å². The molecule has 0 spiro atoms. The Kier molecular flexibility index (Phi) is 4.81. The van der Waals surface area contributed by atoms with Crippen LogP contribution in [0.2, 0.25) is 0 Å². The number of nitrogens with one attached hydrogen (secondary N) is 1. The Morgan fingerprint density at radius 3 is 2.06 bits per heavy atom. The van der Waals surface area contributed by atoms with Gasteiger partial charge in [0.1, 0.15) is 0 Å². The van der Waals surface area contributed by atoms with Crippen LogP contribution in [0.15, 0.2) is 0 Å². The summed E-state index contributed by atoms with van der Waals surface area (Å²) in [6.45, 7) is 11.0. The van der Waals surface area contributed by atoms with Crippen LogP contribution in [0.5, 0.6) is 0 Å². The van der Waals surface area contributed by atoms with Crippen molar-refractivity contribution in [2.45, 2.75) is 65.3 Å². The number of nitrogens with two attached hydrogens (primary N) is 1. The fourth-order valence-corrected chi connectivity index (χ4v) is 2.74. The van der Waals surface area contributed by atoms with Gasteiger partial charge in [-0.15, -0.1) is 0 Å². The molecule has 0 amide bonds. The molecular weight excluding hydrogens is 196 g/mol. The summed E-state index contributed by atoms with van der Waals surface area (Å²) in [5.74, 6) is 0.898. The van der Waals surface area contributed by atoms with Gasteiger partial charge < -0.3 is 11.1 Å². The van der Waals surface area contributed by atoms with Gasteiger partial charge in [0.05, 0.1) is 0 Å². The van der Waals surface area contributed by atoms with Crippen molar-refractivity contribution < 1.29 is 0 Å². The van der Waals surface area contributed by atoms with E-state index in [-0.39, 0.29) is 5.54 Å². The normalized spacial score (nSPS) is 20.1. The maximum absolute atomic E-state index is 5.98. The Morgan fingerprint density at radius 2 is 1.56 bits per heavy atom. The van der Waals surface area contributed by atoms with Crippen LogP contribution in [-0.4, -0.2) is 18.6 Å². The van der Waals surface area contributed by atoms with E-state index in [1.165, 1.54) is 32.1 Å². The first-order valence-corrected chi connectivity index (χ1v) is 6.81. The highest BCUT2D eigenvalue weighted by molar-refractivity contribution is 4.84. The number of rotatable bonds is 5. The van der Waals surface area contributed by atoms with Crippen LogP contribution in [0, 0.1) is 11.3 Å². The van der Waals surface area contributed by atoms with Crippen LogP contribution in [0.25, 0.3) is 0 Å². The highest BCUT2D eigenvalue weighted by Gasteiger charge is 2.30. The van der Waals surface area contributed by atoms with Crippen molar-refractivity contribution in [3.63, 3.8) is 0 Å². The van der Waals surface area contributed by atoms with Gasteiger partial charge in [-0.2, -0.15) is 0 Å². The number of hydrogen-bond donors (Lipinski definition) is 2. The van der Waals surface area contributed by atoms with E-state index in [1.54, 1.807) is 0 Å². The molecule has 0 atom stereocenters. The molecule has 0 heterocycles. The molecule has 0 unspecified atom stereocenters. The molecule has 1 aliphatic rings. The van der Waals surface area contributed by atoms with E-state index in [0.717, 1.165) is 19.0 Å². The van der Waals surface area contributed by atoms with Crippen LogP contribution in [-0.2, 0) is 0 Å². The van der Waals surface area contributed by atoms with Gasteiger partial charge in [-0.1, -0.05) is 33.1 Å². The van der Waals surface area contributed by atoms with Gasteiger partial charge in [0.25, 0.3) is 0 Å². The highest BCUT2D eigenvalue weighted by atomic mass is 14.9. The summed E-state index contributed by atoms with van der Waals surface area (Å²) >= 11 is 0. The van der Waals surface area contributed by atoms with E-state index >= 15 is 0 Å². The quantitative estimate of drug-likeness (QED) is 0.756. The first kappa shape index (κ1) is 14.0. The van der Waals surface area contributed by atoms with Gasteiger partial charge in [0.2, 0.25) is 0 Å². The molecule has 2 nitrogen and oxygen atoms in total. The van der Waals surface area contributed by atoms with E-state index in [4.69, 9.17) is 5.73 Å². The Labute approximate surface area is 101 Å². The van der Waals surface area contributed by atoms with Gasteiger partial charge >= 0.3 is 0 Å². The molecule has 1 fully saturated rings. The van der Waals surface area contributed by atoms with Gasteiger partial charge in [0, 0.05) is 18.6 Å². The molecule has 0 aromatic heterocycles. The lowest BCUT2D eigenvalue weighted by atomic mass is 9.71. The Bertz CT molecular complexity index is 197. The van der Waals surface area contributed by atoms with Crippen molar-refractivity contribution in [2.75, 3.05) is 13.1 Å². The van der Waals surface area contributed by atoms with Gasteiger partial charge in [-0.05, 0) is 38.0 Å². The van der Waals surface area contributed by atoms with Crippen molar-refractivity contribution in [1.29, 1.82) is 0 Å². The summed E-state index contributed by atoms with van der Waals surface area (Å²) in [5, 5.41) is 3.54. The first-order valence-electron chi connectivity index (χ1n) is 6.81. The molecule has 0 saturated heterocycles. The molecule has 0 aromatic rings. The SMILES string of the molecule is CC(C)(N)CNCC(C)(C)C1CCCCC1. The molecule has 3 N–H and O–H groups in total. The van der Waals surface area contributed by atoms with Crippen LogP contribution >= 0.6 is 0 Å². The van der Waals surface area contributed by atoms with E-state index in [2.05, 4.69) is 33.0 Å². The predicted molar refractivity (Wildman–Crippen MR) is 71.5 cm³/mol. The van der Waals surface area contributed by atoms with Crippen LogP contribution in [0.1, 0.15) is 59.8 Å². The lowest BCUT2D eigenvalue weighted by Gasteiger charge is -2.38. The molecule has 1 aliphatic carbocycles. The maximum Gasteiger partial charge on any atom is 0.0223 e. The summed E-state index contributed by atoms with van der Waals surface area (Å²) in [5.41, 5.74) is 6.31. The Hall–Kier alpha value is -0.0800. The second-order valence-electron chi connectivity index (χ2n) is 6.92. The molecule has 0 bridgehead atoms. The summed E-state index contributed by atoms with van der Waals surface area (Å²) in [4.78, 5) is 0. The minimum absolute atomic E-state index is 0.0946. The fourth-order valence-electron chi connectivity index (χ4n) is 2.74. The van der Waals surface area contributed by atoms with Crippen molar-refractivity contribution in [3.05, 3.63) is 0 Å². The highest BCUT2D eigenvalue weighted by Crippen LogP contribution is 2.37. The van der Waals surface area contributed by atoms with E-state index in [9.17, 15) is 0 Å². The lowest BCUT2D eigenvalue weighted by molar-refractivity contribution is 0.152. The zero-order valence-corrected chi connectivity index (χ0v) is 11.6. The average Bonchev–Trinajstić information content (AvgIpc) is 2.17. The fraction of sp³-hybridized carbons (Fsp3) is 1.00. The standard InChI is InChI=1S/C14H30N2/c1-13(2,10-16-11-14(3,4)15)12-8-6-5-7-9-12/h12,16H,5-11,15H2,1-4H3. The summed E-state index contributed by atoms with van der Waals surface area (Å²) in [6.07, 6.45) is 7.13. The summed E-state index contributed by atoms with van der Waals surface area (Å²) in [7, 11) is 0. The molecule has 0 aromatic carbocycles. The third-order valence-electron chi connectivity index (χ3n) is 3.87. The maximum atomic E-state index is 5.98. The molecule has 16 heavy (non-hydrogen) atoms. The van der Waals surface area contributed by atoms with Crippen LogP contribution in [0.3, 0.4) is 0 Å². The predicted octanol–water partition coefficient (Wildman–Crippen LogP) is 2.92.